The maximum Gasteiger partial charge on any atom is 0.340 e. The van der Waals surface area contributed by atoms with Gasteiger partial charge in [-0.1, -0.05) is 56.3 Å². The molecule has 37 heavy (non-hydrogen) atoms. The Morgan fingerprint density at radius 3 is 2.38 bits per heavy atom. The summed E-state index contributed by atoms with van der Waals surface area (Å²) in [6, 6.07) is 23.4. The van der Waals surface area contributed by atoms with Crippen LogP contribution in [0.4, 0.5) is 17.1 Å². The van der Waals surface area contributed by atoms with E-state index in [0.29, 0.717) is 12.0 Å². The highest BCUT2D eigenvalue weighted by Gasteiger charge is 2.46. The molecule has 6 heteroatoms. The number of nitrogens with zero attached hydrogens (tertiary/aromatic N) is 2. The van der Waals surface area contributed by atoms with Gasteiger partial charge in [0.05, 0.1) is 23.0 Å². The number of hydrogen-bond acceptors (Lipinski definition) is 6. The second-order valence-corrected chi connectivity index (χ2v) is 11.1. The first-order chi connectivity index (χ1) is 17.7. The third-order valence-corrected chi connectivity index (χ3v) is 7.58. The van der Waals surface area contributed by atoms with Crippen LogP contribution in [0.1, 0.15) is 60.4 Å². The van der Waals surface area contributed by atoms with E-state index >= 15 is 0 Å². The molecule has 6 nitrogen and oxygen atoms in total. The van der Waals surface area contributed by atoms with Crippen molar-refractivity contribution in [1.82, 2.24) is 0 Å². The van der Waals surface area contributed by atoms with Gasteiger partial charge in [-0.3, -0.25) is 4.79 Å². The van der Waals surface area contributed by atoms with Gasteiger partial charge in [0.1, 0.15) is 0 Å². The molecule has 0 bridgehead atoms. The Kier molecular flexibility index (Phi) is 5.37. The zero-order valence-electron chi connectivity index (χ0n) is 21.6. The van der Waals surface area contributed by atoms with Crippen LogP contribution in [0.3, 0.4) is 0 Å². The van der Waals surface area contributed by atoms with Gasteiger partial charge in [-0.25, -0.2) is 4.79 Å². The molecule has 0 saturated carbocycles. The monoisotopic (exact) mass is 493 g/mol. The number of para-hydroxylation sites is 2. The molecule has 1 aliphatic carbocycles. The number of fused-ring (bicyclic) bond motifs is 2. The van der Waals surface area contributed by atoms with Crippen LogP contribution in [-0.4, -0.2) is 25.8 Å². The van der Waals surface area contributed by atoms with Gasteiger partial charge in [-0.15, -0.1) is 0 Å². The molecule has 3 aromatic rings. The summed E-state index contributed by atoms with van der Waals surface area (Å²) < 4.78 is 6.07. The van der Waals surface area contributed by atoms with Crippen molar-refractivity contribution in [2.75, 3.05) is 29.2 Å². The smallest absolute Gasteiger partial charge is 0.340 e. The van der Waals surface area contributed by atoms with Crippen molar-refractivity contribution in [3.05, 3.63) is 101 Å². The Morgan fingerprint density at radius 1 is 0.919 bits per heavy atom. The number of carbonyl (C=O) groups is 2. The van der Waals surface area contributed by atoms with Crippen molar-refractivity contribution < 1.29 is 14.3 Å². The average molecular weight is 494 g/mol. The summed E-state index contributed by atoms with van der Waals surface area (Å²) in [6.07, 6.45) is 0.550. The van der Waals surface area contributed by atoms with Crippen molar-refractivity contribution in [3.8, 4) is 0 Å². The minimum atomic E-state index is -0.667. The molecule has 188 valence electrons. The van der Waals surface area contributed by atoms with Crippen LogP contribution in [0.15, 0.2) is 84.1 Å². The van der Waals surface area contributed by atoms with Gasteiger partial charge in [0, 0.05) is 43.0 Å². The maximum atomic E-state index is 13.9. The Labute approximate surface area is 217 Å². The fraction of sp³-hybridized carbons (Fsp3) is 0.290. The number of Topliss-reactive ketones (excluding diaryl/α,β-unsaturated/α-hetero) is 1. The number of carbonyl (C=O) groups excluding carboxylic acids is 2. The topological polar surface area (TPSA) is 61.9 Å². The van der Waals surface area contributed by atoms with Gasteiger partial charge in [-0.2, -0.15) is 0 Å². The van der Waals surface area contributed by atoms with Crippen LogP contribution < -0.4 is 15.1 Å². The normalized spacial score (nSPS) is 21.9. The molecule has 0 spiro atoms. The number of nitrogens with one attached hydrogen (secondary N) is 1. The minimum absolute atomic E-state index is 0.121. The summed E-state index contributed by atoms with van der Waals surface area (Å²) in [4.78, 5) is 31.1. The van der Waals surface area contributed by atoms with Gasteiger partial charge < -0.3 is 19.9 Å². The van der Waals surface area contributed by atoms with E-state index in [1.807, 2.05) is 56.6 Å². The lowest BCUT2D eigenvalue weighted by Crippen LogP contribution is -2.38. The first-order valence-electron chi connectivity index (χ1n) is 12.7. The van der Waals surface area contributed by atoms with Crippen LogP contribution in [0.25, 0.3) is 0 Å². The molecule has 2 heterocycles. The van der Waals surface area contributed by atoms with E-state index in [9.17, 15) is 9.59 Å². The van der Waals surface area contributed by atoms with Crippen LogP contribution in [0.2, 0.25) is 0 Å². The van der Waals surface area contributed by atoms with E-state index in [4.69, 9.17) is 4.74 Å². The molecule has 0 saturated heterocycles. The molecule has 6 rings (SSSR count). The Balaban J connectivity index is 1.62. The van der Waals surface area contributed by atoms with E-state index in [1.54, 1.807) is 6.07 Å². The van der Waals surface area contributed by atoms with Crippen molar-refractivity contribution in [2.45, 2.75) is 39.0 Å². The molecule has 0 unspecified atom stereocenters. The van der Waals surface area contributed by atoms with Crippen LogP contribution >= 0.6 is 0 Å². The van der Waals surface area contributed by atoms with Gasteiger partial charge >= 0.3 is 5.97 Å². The second-order valence-electron chi connectivity index (χ2n) is 11.1. The van der Waals surface area contributed by atoms with E-state index in [-0.39, 0.29) is 17.2 Å². The second kappa shape index (κ2) is 8.51. The lowest BCUT2D eigenvalue weighted by atomic mass is 9.73. The lowest BCUT2D eigenvalue weighted by Gasteiger charge is -2.40. The van der Waals surface area contributed by atoms with E-state index in [0.717, 1.165) is 45.9 Å². The zero-order valence-corrected chi connectivity index (χ0v) is 21.6. The largest absolute Gasteiger partial charge is 0.433 e. The third kappa shape index (κ3) is 3.88. The lowest BCUT2D eigenvalue weighted by molar-refractivity contribution is -0.118. The van der Waals surface area contributed by atoms with Crippen LogP contribution in [0.5, 0.6) is 0 Å². The molecule has 3 aromatic carbocycles. The summed E-state index contributed by atoms with van der Waals surface area (Å²) in [5, 5.41) is 3.63. The summed E-state index contributed by atoms with van der Waals surface area (Å²) in [7, 11) is 4.02. The molecule has 1 N–H and O–H groups in total. The number of cyclic esters (lactones) is 1. The highest BCUT2D eigenvalue weighted by Crippen LogP contribution is 2.52. The van der Waals surface area contributed by atoms with Crippen molar-refractivity contribution in [3.63, 3.8) is 0 Å². The molecule has 0 amide bonds. The molecule has 0 aromatic heterocycles. The highest BCUT2D eigenvalue weighted by atomic mass is 16.6. The number of hydrogen-bond donors (Lipinski definition) is 1. The van der Waals surface area contributed by atoms with Crippen molar-refractivity contribution in [1.29, 1.82) is 0 Å². The van der Waals surface area contributed by atoms with E-state index in [2.05, 4.69) is 53.2 Å². The molecule has 0 fully saturated rings. The number of ketones is 1. The number of rotatable bonds is 3. The number of esters is 1. The summed E-state index contributed by atoms with van der Waals surface area (Å²) in [5.41, 5.74) is 6.74. The Morgan fingerprint density at radius 2 is 1.62 bits per heavy atom. The fourth-order valence-electron chi connectivity index (χ4n) is 5.89. The first kappa shape index (κ1) is 23.3. The standard InChI is InChI=1S/C31H31N3O3/c1-31(2)17-24-27(26(35)18-31)28(19-13-15-20(16-14-19)33(3)4)34(25-12-8-7-11-23(25)32-24)29-21-9-5-6-10-22(21)30(36)37-29/h5-16,28-29,32H,17-18H2,1-4H3/t28-,29-/m0/s1. The highest BCUT2D eigenvalue weighted by molar-refractivity contribution is 6.02. The molecular formula is C31H31N3O3. The Bertz CT molecular complexity index is 1440. The number of allylic oxidation sites excluding steroid dienone is 1. The van der Waals surface area contributed by atoms with Gasteiger partial charge in [0.2, 0.25) is 6.23 Å². The predicted octanol–water partition coefficient (Wildman–Crippen LogP) is 6.24. The van der Waals surface area contributed by atoms with E-state index in [1.165, 1.54) is 0 Å². The fourth-order valence-corrected chi connectivity index (χ4v) is 5.89. The molecule has 2 aliphatic heterocycles. The minimum Gasteiger partial charge on any atom is -0.433 e. The number of anilines is 3. The van der Waals surface area contributed by atoms with Gasteiger partial charge in [0.15, 0.2) is 5.78 Å². The summed E-state index contributed by atoms with van der Waals surface area (Å²) in [5.74, 6) is -0.224. The van der Waals surface area contributed by atoms with Crippen molar-refractivity contribution >= 4 is 28.8 Å². The quantitative estimate of drug-likeness (QED) is 0.436. The zero-order chi connectivity index (χ0) is 25.9. The molecule has 3 aliphatic rings. The Hall–Kier alpha value is -4.06. The maximum absolute atomic E-state index is 13.9. The SMILES string of the molecule is CN(C)c1ccc([C@H]2C3=C(CC(C)(C)CC3=O)Nc3ccccc3N2[C@H]2OC(=O)c3ccccc32)cc1. The average Bonchev–Trinajstić information content (AvgIpc) is 3.11. The van der Waals surface area contributed by atoms with Crippen LogP contribution in [0, 0.1) is 5.41 Å². The van der Waals surface area contributed by atoms with E-state index < -0.39 is 12.3 Å². The number of ether oxygens (including phenoxy) is 1. The predicted molar refractivity (Wildman–Crippen MR) is 146 cm³/mol. The molecule has 0 radical (unpaired) electrons. The molecular weight excluding hydrogens is 462 g/mol. The summed E-state index contributed by atoms with van der Waals surface area (Å²) in [6.45, 7) is 4.28. The van der Waals surface area contributed by atoms with Crippen molar-refractivity contribution in [2.24, 2.45) is 5.41 Å². The van der Waals surface area contributed by atoms with Gasteiger partial charge in [0.25, 0.3) is 0 Å². The first-order valence-corrected chi connectivity index (χ1v) is 12.7. The van der Waals surface area contributed by atoms with Gasteiger partial charge in [-0.05, 0) is 47.7 Å². The number of benzene rings is 3. The van der Waals surface area contributed by atoms with Crippen LogP contribution in [-0.2, 0) is 9.53 Å². The molecule has 2 atom stereocenters. The third-order valence-electron chi connectivity index (χ3n) is 7.58. The summed E-state index contributed by atoms with van der Waals surface area (Å²) >= 11 is 0.